The summed E-state index contributed by atoms with van der Waals surface area (Å²) in [6, 6.07) is 3.83. The first-order valence-corrected chi connectivity index (χ1v) is 11.2. The maximum Gasteiger partial charge on any atom is 0.239 e. The van der Waals surface area contributed by atoms with Crippen molar-refractivity contribution >= 4 is 45.5 Å². The van der Waals surface area contributed by atoms with Gasteiger partial charge in [0.1, 0.15) is 0 Å². The van der Waals surface area contributed by atoms with Crippen LogP contribution in [0.1, 0.15) is 30.6 Å². The summed E-state index contributed by atoms with van der Waals surface area (Å²) < 4.78 is 5.51. The Morgan fingerprint density at radius 3 is 2.79 bits per heavy atom. The van der Waals surface area contributed by atoms with Crippen molar-refractivity contribution in [2.45, 2.75) is 38.3 Å². The molecule has 3 heterocycles. The molecule has 10 heteroatoms. The van der Waals surface area contributed by atoms with Gasteiger partial charge in [0.25, 0.3) is 0 Å². The van der Waals surface area contributed by atoms with Crippen molar-refractivity contribution in [1.29, 1.82) is 0 Å². The highest BCUT2D eigenvalue weighted by atomic mass is 32.1. The first kappa shape index (κ1) is 21.4. The van der Waals surface area contributed by atoms with E-state index in [-0.39, 0.29) is 43.2 Å². The van der Waals surface area contributed by atoms with Crippen LogP contribution in [0.5, 0.6) is 0 Å². The molecule has 1 saturated heterocycles. The summed E-state index contributed by atoms with van der Waals surface area (Å²) >= 11 is 2.84. The molecule has 1 fully saturated rings. The summed E-state index contributed by atoms with van der Waals surface area (Å²) in [4.78, 5) is 43.5. The highest BCUT2D eigenvalue weighted by Gasteiger charge is 2.21. The highest BCUT2D eigenvalue weighted by molar-refractivity contribution is 7.13. The van der Waals surface area contributed by atoms with Gasteiger partial charge in [-0.05, 0) is 24.3 Å². The summed E-state index contributed by atoms with van der Waals surface area (Å²) in [7, 11) is 0. The van der Waals surface area contributed by atoms with Gasteiger partial charge in [0.2, 0.25) is 17.7 Å². The number of carbonyl (C=O) groups excluding carboxylic acids is 3. The third kappa shape index (κ3) is 7.22. The highest BCUT2D eigenvalue weighted by Crippen LogP contribution is 2.15. The number of carbonyl (C=O) groups is 3. The second-order valence-electron chi connectivity index (χ2n) is 6.65. The molecule has 2 aromatic rings. The number of nitrogens with one attached hydrogen (secondary N) is 2. The number of hydrogen-bond acceptors (Lipinski definition) is 7. The number of thiazole rings is 1. The van der Waals surface area contributed by atoms with Crippen molar-refractivity contribution in [1.82, 2.24) is 15.2 Å². The van der Waals surface area contributed by atoms with Gasteiger partial charge in [-0.3, -0.25) is 14.4 Å². The van der Waals surface area contributed by atoms with Gasteiger partial charge < -0.3 is 20.3 Å². The van der Waals surface area contributed by atoms with Crippen LogP contribution in [-0.4, -0.2) is 53.4 Å². The third-order valence-corrected chi connectivity index (χ3v) is 5.96. The van der Waals surface area contributed by atoms with Crippen LogP contribution in [0.15, 0.2) is 29.1 Å². The van der Waals surface area contributed by atoms with Crippen LogP contribution in [0, 0.1) is 0 Å². The van der Waals surface area contributed by atoms with E-state index in [1.165, 1.54) is 27.6 Å². The van der Waals surface area contributed by atoms with Crippen LogP contribution in [0.3, 0.4) is 0 Å². The van der Waals surface area contributed by atoms with Crippen molar-refractivity contribution in [3.63, 3.8) is 0 Å². The quantitative estimate of drug-likeness (QED) is 0.595. The zero-order valence-electron chi connectivity index (χ0n) is 16.0. The van der Waals surface area contributed by atoms with Crippen LogP contribution in [0.4, 0.5) is 5.13 Å². The minimum Gasteiger partial charge on any atom is -0.376 e. The second kappa shape index (κ2) is 11.0. The lowest BCUT2D eigenvalue weighted by molar-refractivity contribution is -0.137. The third-order valence-electron chi connectivity index (χ3n) is 4.41. The molecule has 1 aliphatic rings. The molecule has 0 radical (unpaired) electrons. The molecule has 1 atom stereocenters. The van der Waals surface area contributed by atoms with Crippen LogP contribution in [0.2, 0.25) is 0 Å². The van der Waals surface area contributed by atoms with Gasteiger partial charge in [0.05, 0.1) is 19.2 Å². The zero-order valence-corrected chi connectivity index (χ0v) is 17.6. The number of rotatable bonds is 10. The lowest BCUT2D eigenvalue weighted by atomic mass is 10.2. The maximum atomic E-state index is 12.7. The molecule has 0 bridgehead atoms. The molecular weight excluding hydrogens is 412 g/mol. The van der Waals surface area contributed by atoms with Crippen LogP contribution in [-0.2, 0) is 25.7 Å². The zero-order chi connectivity index (χ0) is 20.5. The van der Waals surface area contributed by atoms with Gasteiger partial charge in [-0.1, -0.05) is 6.07 Å². The Balaban J connectivity index is 1.50. The monoisotopic (exact) mass is 436 g/mol. The van der Waals surface area contributed by atoms with Gasteiger partial charge in [0, 0.05) is 42.4 Å². The number of nitrogens with zero attached hydrogens (tertiary/aromatic N) is 2. The number of ether oxygens (including phenoxy) is 1. The second-order valence-corrected chi connectivity index (χ2v) is 8.58. The molecular formula is C19H24N4O4S2. The minimum atomic E-state index is -0.271. The molecule has 29 heavy (non-hydrogen) atoms. The fourth-order valence-corrected chi connectivity index (χ4v) is 4.20. The van der Waals surface area contributed by atoms with E-state index < -0.39 is 0 Å². The van der Waals surface area contributed by atoms with Crippen molar-refractivity contribution < 1.29 is 19.1 Å². The van der Waals surface area contributed by atoms with E-state index >= 15 is 0 Å². The molecule has 8 nitrogen and oxygen atoms in total. The van der Waals surface area contributed by atoms with Gasteiger partial charge in [0.15, 0.2) is 5.13 Å². The molecule has 2 aromatic heterocycles. The smallest absolute Gasteiger partial charge is 0.239 e. The molecule has 0 spiro atoms. The van der Waals surface area contributed by atoms with E-state index in [0.717, 1.165) is 24.3 Å². The number of aromatic nitrogens is 1. The standard InChI is InChI=1S/C19H24N4O4S2/c24-16(22-19-20-7-10-29-19)5-6-18(26)23(12-15-4-2-9-28-15)13-17(25)21-11-14-3-1-8-27-14/h2,4,7,9-10,14H,1,3,5-6,8,11-13H2,(H,21,25)(H,20,22,24). The normalized spacial score (nSPS) is 15.8. The first-order valence-electron chi connectivity index (χ1n) is 9.48. The molecule has 1 unspecified atom stereocenters. The van der Waals surface area contributed by atoms with Gasteiger partial charge >= 0.3 is 0 Å². The minimum absolute atomic E-state index is 0.0294. The Labute approximate surface area is 177 Å². The molecule has 0 aliphatic carbocycles. The lowest BCUT2D eigenvalue weighted by Crippen LogP contribution is -2.42. The molecule has 0 saturated carbocycles. The van der Waals surface area contributed by atoms with Crippen molar-refractivity contribution in [3.8, 4) is 0 Å². The molecule has 2 N–H and O–H groups in total. The van der Waals surface area contributed by atoms with Crippen LogP contribution >= 0.6 is 22.7 Å². The van der Waals surface area contributed by atoms with Crippen LogP contribution < -0.4 is 10.6 Å². The number of amides is 3. The van der Waals surface area contributed by atoms with Gasteiger partial charge in [-0.2, -0.15) is 0 Å². The summed E-state index contributed by atoms with van der Waals surface area (Å²) in [6.07, 6.45) is 3.66. The van der Waals surface area contributed by atoms with E-state index in [1.807, 2.05) is 17.5 Å². The number of hydrogen-bond donors (Lipinski definition) is 2. The van der Waals surface area contributed by atoms with Crippen LogP contribution in [0.25, 0.3) is 0 Å². The Kier molecular flexibility index (Phi) is 8.14. The number of thiophene rings is 1. The molecule has 1 aliphatic heterocycles. The predicted octanol–water partition coefficient (Wildman–Crippen LogP) is 2.25. The Morgan fingerprint density at radius 2 is 2.10 bits per heavy atom. The molecule has 0 aromatic carbocycles. The van der Waals surface area contributed by atoms with E-state index in [1.54, 1.807) is 11.6 Å². The van der Waals surface area contributed by atoms with Crippen molar-refractivity contribution in [2.75, 3.05) is 25.0 Å². The molecule has 3 amide bonds. The predicted molar refractivity (Wildman–Crippen MR) is 112 cm³/mol. The Bertz CT molecular complexity index is 789. The summed E-state index contributed by atoms with van der Waals surface area (Å²) in [5.41, 5.74) is 0. The summed E-state index contributed by atoms with van der Waals surface area (Å²) in [5, 5.41) is 9.70. The Morgan fingerprint density at radius 1 is 1.21 bits per heavy atom. The molecule has 3 rings (SSSR count). The average Bonchev–Trinajstić information content (AvgIpc) is 3.47. The fourth-order valence-electron chi connectivity index (χ4n) is 2.93. The van der Waals surface area contributed by atoms with Crippen molar-refractivity contribution in [3.05, 3.63) is 34.0 Å². The lowest BCUT2D eigenvalue weighted by Gasteiger charge is -2.22. The van der Waals surface area contributed by atoms with Gasteiger partial charge in [-0.25, -0.2) is 4.98 Å². The summed E-state index contributed by atoms with van der Waals surface area (Å²) in [6.45, 7) is 1.48. The molecule has 156 valence electrons. The SMILES string of the molecule is O=C(CN(Cc1cccs1)C(=O)CCC(=O)Nc1nccs1)NCC1CCCO1. The van der Waals surface area contributed by atoms with Gasteiger partial charge in [-0.15, -0.1) is 22.7 Å². The topological polar surface area (TPSA) is 101 Å². The maximum absolute atomic E-state index is 12.7. The summed E-state index contributed by atoms with van der Waals surface area (Å²) in [5.74, 6) is -0.732. The largest absolute Gasteiger partial charge is 0.376 e. The van der Waals surface area contributed by atoms with E-state index in [4.69, 9.17) is 4.74 Å². The van der Waals surface area contributed by atoms with Crippen molar-refractivity contribution in [2.24, 2.45) is 0 Å². The Hall–Kier alpha value is -2.30. The first-order chi connectivity index (χ1) is 14.1. The fraction of sp³-hybridized carbons (Fsp3) is 0.474. The average molecular weight is 437 g/mol. The number of anilines is 1. The van der Waals surface area contributed by atoms with E-state index in [9.17, 15) is 14.4 Å². The van der Waals surface area contributed by atoms with E-state index in [0.29, 0.717) is 18.2 Å². The van der Waals surface area contributed by atoms with E-state index in [2.05, 4.69) is 15.6 Å².